The van der Waals surface area contributed by atoms with Gasteiger partial charge in [-0.1, -0.05) is 12.6 Å². The first-order chi connectivity index (χ1) is 13.5. The van der Waals surface area contributed by atoms with E-state index < -0.39 is 5.79 Å². The fourth-order valence-corrected chi connectivity index (χ4v) is 3.88. The zero-order valence-electron chi connectivity index (χ0n) is 16.6. The monoisotopic (exact) mass is 380 g/mol. The van der Waals surface area contributed by atoms with Gasteiger partial charge < -0.3 is 23.7 Å². The average molecular weight is 380 g/mol. The van der Waals surface area contributed by atoms with Crippen LogP contribution >= 0.6 is 0 Å². The Hall–Kier alpha value is -2.76. The Morgan fingerprint density at radius 1 is 0.964 bits per heavy atom. The topological polar surface area (TPSA) is 46.2 Å². The van der Waals surface area contributed by atoms with Crippen molar-refractivity contribution in [3.8, 4) is 5.75 Å². The van der Waals surface area contributed by atoms with E-state index in [0.717, 1.165) is 39.2 Å². The van der Waals surface area contributed by atoms with Gasteiger partial charge in [-0.2, -0.15) is 0 Å². The SMILES string of the molecule is C=C1C(C)=C(C=C2C=C(OC)C3(OCCO3)C(OC)=C2)c2ccc(OC)cc21. The van der Waals surface area contributed by atoms with Crippen LogP contribution in [0.2, 0.25) is 0 Å². The van der Waals surface area contributed by atoms with Crippen LogP contribution in [0.4, 0.5) is 0 Å². The number of hydrogen-bond acceptors (Lipinski definition) is 5. The van der Waals surface area contributed by atoms with E-state index in [-0.39, 0.29) is 0 Å². The van der Waals surface area contributed by atoms with Crippen LogP contribution in [0.3, 0.4) is 0 Å². The molecule has 0 unspecified atom stereocenters. The van der Waals surface area contributed by atoms with Crippen molar-refractivity contribution in [2.45, 2.75) is 12.7 Å². The van der Waals surface area contributed by atoms with Crippen molar-refractivity contribution in [3.63, 3.8) is 0 Å². The van der Waals surface area contributed by atoms with Gasteiger partial charge in [-0.25, -0.2) is 0 Å². The van der Waals surface area contributed by atoms with Gasteiger partial charge in [-0.05, 0) is 70.7 Å². The minimum Gasteiger partial charge on any atom is -0.497 e. The zero-order chi connectivity index (χ0) is 19.9. The molecule has 0 amide bonds. The van der Waals surface area contributed by atoms with Crippen molar-refractivity contribution in [2.75, 3.05) is 34.5 Å². The number of methoxy groups -OCH3 is 3. The molecule has 28 heavy (non-hydrogen) atoms. The van der Waals surface area contributed by atoms with E-state index >= 15 is 0 Å². The highest BCUT2D eigenvalue weighted by molar-refractivity contribution is 6.02. The number of hydrogen-bond donors (Lipinski definition) is 0. The summed E-state index contributed by atoms with van der Waals surface area (Å²) in [5, 5.41) is 0. The van der Waals surface area contributed by atoms with Gasteiger partial charge in [0, 0.05) is 0 Å². The third-order valence-electron chi connectivity index (χ3n) is 5.39. The number of benzene rings is 1. The third-order valence-corrected chi connectivity index (χ3v) is 5.39. The molecule has 0 radical (unpaired) electrons. The maximum Gasteiger partial charge on any atom is 0.288 e. The molecule has 1 fully saturated rings. The molecule has 2 aliphatic carbocycles. The van der Waals surface area contributed by atoms with Crippen molar-refractivity contribution < 1.29 is 23.7 Å². The smallest absolute Gasteiger partial charge is 0.288 e. The molecule has 1 aliphatic heterocycles. The van der Waals surface area contributed by atoms with Crippen molar-refractivity contribution in [1.82, 2.24) is 0 Å². The molecule has 1 saturated heterocycles. The van der Waals surface area contributed by atoms with Gasteiger partial charge in [0.05, 0.1) is 34.5 Å². The largest absolute Gasteiger partial charge is 0.497 e. The molecular weight excluding hydrogens is 356 g/mol. The van der Waals surface area contributed by atoms with Crippen LogP contribution in [0.15, 0.2) is 65.7 Å². The second-order valence-corrected chi connectivity index (χ2v) is 6.81. The summed E-state index contributed by atoms with van der Waals surface area (Å²) in [5.41, 5.74) is 6.39. The van der Waals surface area contributed by atoms with E-state index in [0.29, 0.717) is 24.7 Å². The molecule has 146 valence electrons. The lowest BCUT2D eigenvalue weighted by Crippen LogP contribution is -2.38. The van der Waals surface area contributed by atoms with E-state index in [1.807, 2.05) is 24.3 Å². The molecule has 1 spiro atoms. The predicted octanol–water partition coefficient (Wildman–Crippen LogP) is 4.24. The highest BCUT2D eigenvalue weighted by Gasteiger charge is 2.49. The lowest BCUT2D eigenvalue weighted by Gasteiger charge is -2.32. The summed E-state index contributed by atoms with van der Waals surface area (Å²) in [5.74, 6) is 0.871. The minimum absolute atomic E-state index is 0.486. The van der Waals surface area contributed by atoms with E-state index in [9.17, 15) is 0 Å². The van der Waals surface area contributed by atoms with Crippen LogP contribution in [0.5, 0.6) is 5.75 Å². The minimum atomic E-state index is -1.09. The molecule has 0 N–H and O–H groups in total. The van der Waals surface area contributed by atoms with Gasteiger partial charge in [-0.3, -0.25) is 0 Å². The van der Waals surface area contributed by atoms with E-state index in [4.69, 9.17) is 23.7 Å². The summed E-state index contributed by atoms with van der Waals surface area (Å²) in [6, 6.07) is 6.05. The number of fused-ring (bicyclic) bond motifs is 1. The van der Waals surface area contributed by atoms with Crippen LogP contribution in [-0.4, -0.2) is 40.3 Å². The van der Waals surface area contributed by atoms with Gasteiger partial charge in [0.2, 0.25) is 0 Å². The summed E-state index contributed by atoms with van der Waals surface area (Å²) < 4.78 is 28.3. The summed E-state index contributed by atoms with van der Waals surface area (Å²) in [4.78, 5) is 0. The first kappa shape index (κ1) is 18.6. The van der Waals surface area contributed by atoms with Crippen molar-refractivity contribution in [3.05, 3.63) is 76.8 Å². The molecule has 0 bridgehead atoms. The van der Waals surface area contributed by atoms with Gasteiger partial charge >= 0.3 is 0 Å². The quantitative estimate of drug-likeness (QED) is 0.782. The van der Waals surface area contributed by atoms with Crippen LogP contribution in [0.1, 0.15) is 18.1 Å². The number of ether oxygens (including phenoxy) is 5. The van der Waals surface area contributed by atoms with Gasteiger partial charge in [-0.15, -0.1) is 0 Å². The Kier molecular flexibility index (Phi) is 4.65. The van der Waals surface area contributed by atoms with Crippen LogP contribution in [0, 0.1) is 0 Å². The highest BCUT2D eigenvalue weighted by Crippen LogP contribution is 2.45. The van der Waals surface area contributed by atoms with Crippen LogP contribution < -0.4 is 4.74 Å². The molecule has 0 saturated carbocycles. The molecule has 1 heterocycles. The van der Waals surface area contributed by atoms with E-state index in [2.05, 4.69) is 25.6 Å². The molecule has 0 aromatic heterocycles. The standard InChI is InChI=1S/C23H24O5/c1-14-15(2)20-13-17(24-3)6-7-18(20)19(14)10-16-11-21(25-4)23(22(12-16)26-5)27-8-9-28-23/h6-7,10-13H,2,8-9H2,1,3-5H3. The Labute approximate surface area is 165 Å². The maximum absolute atomic E-state index is 5.85. The zero-order valence-corrected chi connectivity index (χ0v) is 16.6. The fraction of sp³-hybridized carbons (Fsp3) is 0.304. The molecule has 0 atom stereocenters. The van der Waals surface area contributed by atoms with Gasteiger partial charge in [0.25, 0.3) is 5.79 Å². The maximum atomic E-state index is 5.85. The second kappa shape index (κ2) is 7.00. The summed E-state index contributed by atoms with van der Waals surface area (Å²) in [7, 11) is 4.89. The molecule has 1 aromatic carbocycles. The Morgan fingerprint density at radius 2 is 1.61 bits per heavy atom. The van der Waals surface area contributed by atoms with Crippen molar-refractivity contribution in [2.24, 2.45) is 0 Å². The first-order valence-corrected chi connectivity index (χ1v) is 9.15. The lowest BCUT2D eigenvalue weighted by molar-refractivity contribution is -0.150. The molecule has 5 nitrogen and oxygen atoms in total. The summed E-state index contributed by atoms with van der Waals surface area (Å²) in [6.07, 6.45) is 5.97. The number of allylic oxidation sites excluding steroid dienone is 7. The predicted molar refractivity (Wildman–Crippen MR) is 108 cm³/mol. The first-order valence-electron chi connectivity index (χ1n) is 9.15. The van der Waals surface area contributed by atoms with Crippen molar-refractivity contribution >= 4 is 11.1 Å². The Morgan fingerprint density at radius 3 is 2.18 bits per heavy atom. The van der Waals surface area contributed by atoms with Crippen LogP contribution in [-0.2, 0) is 18.9 Å². The highest BCUT2D eigenvalue weighted by atomic mass is 16.8. The van der Waals surface area contributed by atoms with Crippen molar-refractivity contribution in [1.29, 1.82) is 0 Å². The molecule has 3 aliphatic rings. The second-order valence-electron chi connectivity index (χ2n) is 6.81. The lowest BCUT2D eigenvalue weighted by atomic mass is 9.96. The van der Waals surface area contributed by atoms with Gasteiger partial charge in [0.1, 0.15) is 5.75 Å². The summed E-state index contributed by atoms with van der Waals surface area (Å²) >= 11 is 0. The average Bonchev–Trinajstić information content (AvgIpc) is 3.29. The van der Waals surface area contributed by atoms with Gasteiger partial charge in [0.15, 0.2) is 11.5 Å². The Balaban J connectivity index is 1.80. The molecule has 4 rings (SSSR count). The summed E-state index contributed by atoms with van der Waals surface area (Å²) in [6.45, 7) is 7.30. The molecule has 1 aromatic rings. The molecular formula is C23H24O5. The number of rotatable bonds is 4. The van der Waals surface area contributed by atoms with E-state index in [1.54, 1.807) is 21.3 Å². The normalized spacial score (nSPS) is 20.1. The molecule has 5 heteroatoms. The fourth-order valence-electron chi connectivity index (χ4n) is 3.88. The van der Waals surface area contributed by atoms with Crippen LogP contribution in [0.25, 0.3) is 11.1 Å². The third kappa shape index (κ3) is 2.70. The van der Waals surface area contributed by atoms with E-state index in [1.165, 1.54) is 0 Å². The Bertz CT molecular complexity index is 929.